The number of aromatic nitrogens is 4. The number of rotatable bonds is 8. The minimum absolute atomic E-state index is 0.0895. The van der Waals surface area contributed by atoms with E-state index in [2.05, 4.69) is 21.9 Å². The zero-order chi connectivity index (χ0) is 20.3. The maximum absolute atomic E-state index is 12.1. The van der Waals surface area contributed by atoms with Crippen molar-refractivity contribution in [2.75, 3.05) is 12.9 Å². The van der Waals surface area contributed by atoms with Gasteiger partial charge in [-0.05, 0) is 43.9 Å². The van der Waals surface area contributed by atoms with Gasteiger partial charge in [0.2, 0.25) is 0 Å². The van der Waals surface area contributed by atoms with Crippen LogP contribution >= 0.6 is 11.8 Å². The third-order valence-electron chi connectivity index (χ3n) is 4.26. The predicted molar refractivity (Wildman–Crippen MR) is 110 cm³/mol. The molecule has 28 heavy (non-hydrogen) atoms. The van der Waals surface area contributed by atoms with E-state index in [-0.39, 0.29) is 11.9 Å². The molecule has 1 amide bonds. The van der Waals surface area contributed by atoms with Crippen molar-refractivity contribution < 1.29 is 9.53 Å². The number of ether oxygens (including phenoxy) is 1. The summed E-state index contributed by atoms with van der Waals surface area (Å²) in [6.45, 7) is 4.57. The summed E-state index contributed by atoms with van der Waals surface area (Å²) >= 11 is 1.44. The molecule has 8 nitrogen and oxygen atoms in total. The van der Waals surface area contributed by atoms with Crippen molar-refractivity contribution in [1.29, 1.82) is 0 Å². The van der Waals surface area contributed by atoms with Crippen molar-refractivity contribution in [2.24, 2.45) is 11.5 Å². The van der Waals surface area contributed by atoms with Crippen LogP contribution in [-0.4, -0.2) is 38.3 Å². The number of carbonyl (C=O) groups is 1. The molecule has 0 fully saturated rings. The lowest BCUT2D eigenvalue weighted by molar-refractivity contribution is 0.0997. The predicted octanol–water partition coefficient (Wildman–Crippen LogP) is 2.97. The standard InChI is InChI=1S/C19H24N6O2S/c1-4-6-13(20)25-18-15(23-19(25)28-3)14(16(21)26)22-17(24-18)11-7-9-12(10-8-11)27-5-2/h7-10,13H,4-6,20H2,1-3H3,(H2,21,26). The molecule has 0 radical (unpaired) electrons. The molecule has 0 saturated heterocycles. The Morgan fingerprint density at radius 2 is 1.93 bits per heavy atom. The molecule has 1 aromatic carbocycles. The van der Waals surface area contributed by atoms with E-state index in [4.69, 9.17) is 16.2 Å². The second-order valence-corrected chi connectivity index (χ2v) is 6.99. The summed E-state index contributed by atoms with van der Waals surface area (Å²) < 4.78 is 7.33. The molecule has 0 spiro atoms. The van der Waals surface area contributed by atoms with E-state index in [0.717, 1.165) is 24.2 Å². The Balaban J connectivity index is 2.21. The minimum atomic E-state index is -0.652. The molecule has 1 atom stereocenters. The van der Waals surface area contributed by atoms with Crippen molar-refractivity contribution in [3.63, 3.8) is 0 Å². The molecule has 0 saturated carbocycles. The zero-order valence-corrected chi connectivity index (χ0v) is 17.0. The summed E-state index contributed by atoms with van der Waals surface area (Å²) in [5.74, 6) is 0.491. The van der Waals surface area contributed by atoms with Crippen LogP contribution in [0, 0.1) is 0 Å². The van der Waals surface area contributed by atoms with Crippen molar-refractivity contribution >= 4 is 28.8 Å². The maximum atomic E-state index is 12.1. The fourth-order valence-corrected chi connectivity index (χ4v) is 3.59. The number of imidazole rings is 1. The first kappa shape index (κ1) is 20.1. The minimum Gasteiger partial charge on any atom is -0.494 e. The average Bonchev–Trinajstić information content (AvgIpc) is 3.06. The average molecular weight is 401 g/mol. The van der Waals surface area contributed by atoms with E-state index in [0.29, 0.717) is 28.8 Å². The summed E-state index contributed by atoms with van der Waals surface area (Å²) in [6.07, 6.45) is 3.27. The van der Waals surface area contributed by atoms with Crippen LogP contribution < -0.4 is 16.2 Å². The zero-order valence-electron chi connectivity index (χ0n) is 16.2. The molecule has 0 aliphatic carbocycles. The van der Waals surface area contributed by atoms with Gasteiger partial charge >= 0.3 is 0 Å². The highest BCUT2D eigenvalue weighted by atomic mass is 32.2. The Hall–Kier alpha value is -2.65. The molecule has 1 unspecified atom stereocenters. The molecule has 2 heterocycles. The van der Waals surface area contributed by atoms with Gasteiger partial charge in [-0.15, -0.1) is 0 Å². The number of thioether (sulfide) groups is 1. The number of primary amides is 1. The monoisotopic (exact) mass is 400 g/mol. The molecule has 9 heteroatoms. The first-order chi connectivity index (χ1) is 13.5. The number of fused-ring (bicyclic) bond motifs is 1. The molecule has 4 N–H and O–H groups in total. The number of hydrogen-bond acceptors (Lipinski definition) is 7. The van der Waals surface area contributed by atoms with E-state index in [1.54, 1.807) is 0 Å². The van der Waals surface area contributed by atoms with Crippen LogP contribution in [0.2, 0.25) is 0 Å². The smallest absolute Gasteiger partial charge is 0.269 e. The Labute approximate surface area is 167 Å². The molecule has 148 valence electrons. The fourth-order valence-electron chi connectivity index (χ4n) is 2.99. The highest BCUT2D eigenvalue weighted by molar-refractivity contribution is 7.98. The Bertz CT molecular complexity index is 986. The molecular formula is C19H24N6O2S. The summed E-state index contributed by atoms with van der Waals surface area (Å²) in [5.41, 5.74) is 13.7. The topological polar surface area (TPSA) is 122 Å². The van der Waals surface area contributed by atoms with Gasteiger partial charge < -0.3 is 16.2 Å². The summed E-state index contributed by atoms with van der Waals surface area (Å²) in [7, 11) is 0. The Morgan fingerprint density at radius 3 is 2.50 bits per heavy atom. The van der Waals surface area contributed by atoms with Gasteiger partial charge in [-0.2, -0.15) is 0 Å². The van der Waals surface area contributed by atoms with E-state index in [1.807, 2.05) is 42.0 Å². The lowest BCUT2D eigenvalue weighted by atomic mass is 10.2. The summed E-state index contributed by atoms with van der Waals surface area (Å²) in [5, 5.41) is 0.677. The molecular weight excluding hydrogens is 376 g/mol. The lowest BCUT2D eigenvalue weighted by Crippen LogP contribution is -2.20. The van der Waals surface area contributed by atoms with Crippen LogP contribution in [0.5, 0.6) is 5.75 Å². The Morgan fingerprint density at radius 1 is 1.21 bits per heavy atom. The third-order valence-corrected chi connectivity index (χ3v) is 4.92. The van der Waals surface area contributed by atoms with Gasteiger partial charge in [-0.3, -0.25) is 9.36 Å². The number of nitrogens with two attached hydrogens (primary N) is 2. The van der Waals surface area contributed by atoms with Crippen LogP contribution in [0.25, 0.3) is 22.6 Å². The molecule has 0 aliphatic heterocycles. The van der Waals surface area contributed by atoms with Crippen LogP contribution in [0.1, 0.15) is 43.3 Å². The highest BCUT2D eigenvalue weighted by Gasteiger charge is 2.23. The number of hydrogen-bond donors (Lipinski definition) is 2. The molecule has 3 rings (SSSR count). The molecule has 3 aromatic rings. The van der Waals surface area contributed by atoms with Crippen molar-refractivity contribution in [1.82, 2.24) is 19.5 Å². The van der Waals surface area contributed by atoms with Gasteiger partial charge in [0.25, 0.3) is 5.91 Å². The van der Waals surface area contributed by atoms with Gasteiger partial charge in [-0.25, -0.2) is 15.0 Å². The number of amides is 1. The van der Waals surface area contributed by atoms with E-state index < -0.39 is 5.91 Å². The van der Waals surface area contributed by atoms with Crippen LogP contribution in [-0.2, 0) is 0 Å². The van der Waals surface area contributed by atoms with Crippen molar-refractivity contribution in [2.45, 2.75) is 38.0 Å². The number of benzene rings is 1. The van der Waals surface area contributed by atoms with E-state index >= 15 is 0 Å². The van der Waals surface area contributed by atoms with Crippen LogP contribution in [0.4, 0.5) is 0 Å². The van der Waals surface area contributed by atoms with Crippen molar-refractivity contribution in [3.05, 3.63) is 30.0 Å². The SMILES string of the molecule is CCCC(N)n1c(SC)nc2c(C(N)=O)nc(-c3ccc(OCC)cc3)nc21. The van der Waals surface area contributed by atoms with Crippen LogP contribution in [0.3, 0.4) is 0 Å². The van der Waals surface area contributed by atoms with E-state index in [9.17, 15) is 4.79 Å². The summed E-state index contributed by atoms with van der Waals surface area (Å²) in [4.78, 5) is 25.7. The van der Waals surface area contributed by atoms with Gasteiger partial charge in [0, 0.05) is 5.56 Å². The second-order valence-electron chi connectivity index (χ2n) is 6.21. The lowest BCUT2D eigenvalue weighted by Gasteiger charge is -2.15. The fraction of sp³-hybridized carbons (Fsp3) is 0.368. The molecule has 0 bridgehead atoms. The number of carbonyl (C=O) groups excluding carboxylic acids is 1. The second kappa shape index (κ2) is 8.57. The highest BCUT2D eigenvalue weighted by Crippen LogP contribution is 2.29. The molecule has 2 aromatic heterocycles. The quantitative estimate of drug-likeness (QED) is 0.557. The first-order valence-corrected chi connectivity index (χ1v) is 10.3. The first-order valence-electron chi connectivity index (χ1n) is 9.12. The largest absolute Gasteiger partial charge is 0.494 e. The number of nitrogens with zero attached hydrogens (tertiary/aromatic N) is 4. The maximum Gasteiger partial charge on any atom is 0.269 e. The Kier molecular flexibility index (Phi) is 6.15. The molecule has 0 aliphatic rings. The van der Waals surface area contributed by atoms with Crippen LogP contribution in [0.15, 0.2) is 29.4 Å². The normalized spacial score (nSPS) is 12.3. The van der Waals surface area contributed by atoms with Gasteiger partial charge in [0.1, 0.15) is 11.3 Å². The summed E-state index contributed by atoms with van der Waals surface area (Å²) in [6, 6.07) is 7.37. The van der Waals surface area contributed by atoms with E-state index in [1.165, 1.54) is 11.8 Å². The van der Waals surface area contributed by atoms with Gasteiger partial charge in [0.05, 0.1) is 12.8 Å². The van der Waals surface area contributed by atoms with Gasteiger partial charge in [0.15, 0.2) is 22.3 Å². The van der Waals surface area contributed by atoms with Gasteiger partial charge in [-0.1, -0.05) is 25.1 Å². The third kappa shape index (κ3) is 3.81. The van der Waals surface area contributed by atoms with Crippen molar-refractivity contribution in [3.8, 4) is 17.1 Å².